The van der Waals surface area contributed by atoms with Gasteiger partial charge >= 0.3 is 12.1 Å². The van der Waals surface area contributed by atoms with Crippen molar-refractivity contribution >= 4 is 27.3 Å². The number of hydrogen-bond acceptors (Lipinski definition) is 7. The standard InChI is InChI=1S/C14H21N5O2S2.C2HF3O2/c1-3-23(20,21)16-5-14-8-18(6-12-9-22-11(2)17-12)7-13-4-15-10-19(13)14;3-2(4,5)1(6)7/h4,9-10,14,16H,3,5-8H2,1-2H3;(H,6,7). The number of sulfonamides is 1. The number of thiazole rings is 1. The van der Waals surface area contributed by atoms with E-state index >= 15 is 0 Å². The fourth-order valence-electron chi connectivity index (χ4n) is 2.78. The van der Waals surface area contributed by atoms with Crippen molar-refractivity contribution in [2.24, 2.45) is 0 Å². The van der Waals surface area contributed by atoms with Crippen LogP contribution in [0.15, 0.2) is 17.9 Å². The van der Waals surface area contributed by atoms with Crippen molar-refractivity contribution in [2.45, 2.75) is 39.2 Å². The highest BCUT2D eigenvalue weighted by Crippen LogP contribution is 2.22. The molecule has 0 saturated carbocycles. The van der Waals surface area contributed by atoms with Gasteiger partial charge in [-0.2, -0.15) is 13.2 Å². The molecule has 1 aliphatic heterocycles. The first-order valence-corrected chi connectivity index (χ1v) is 11.4. The van der Waals surface area contributed by atoms with Crippen LogP contribution in [0.4, 0.5) is 13.2 Å². The highest BCUT2D eigenvalue weighted by atomic mass is 32.2. The molecule has 3 heterocycles. The van der Waals surface area contributed by atoms with E-state index in [0.717, 1.165) is 36.0 Å². The maximum atomic E-state index is 11.7. The monoisotopic (exact) mass is 469 g/mol. The molecule has 30 heavy (non-hydrogen) atoms. The summed E-state index contributed by atoms with van der Waals surface area (Å²) in [6, 6.07) is 0.0438. The summed E-state index contributed by atoms with van der Waals surface area (Å²) in [7, 11) is -3.19. The topological polar surface area (TPSA) is 117 Å². The number of hydrogen-bond donors (Lipinski definition) is 2. The molecule has 1 aliphatic rings. The first kappa shape index (κ1) is 24.2. The molecule has 168 valence electrons. The SMILES string of the molecule is CCS(=O)(=O)NCC1CN(Cc2csc(C)n2)Cc2cncn21.O=C(O)C(F)(F)F. The van der Waals surface area contributed by atoms with Crippen LogP contribution in [0.25, 0.3) is 0 Å². The number of halogens is 3. The number of rotatable bonds is 6. The number of aromatic nitrogens is 3. The Bertz CT molecular complexity index is 958. The van der Waals surface area contributed by atoms with Crippen LogP contribution in [-0.2, 0) is 27.9 Å². The van der Waals surface area contributed by atoms with Gasteiger partial charge in [0.25, 0.3) is 0 Å². The van der Waals surface area contributed by atoms with Crippen molar-refractivity contribution in [1.82, 2.24) is 24.2 Å². The Kier molecular flexibility index (Phi) is 7.96. The van der Waals surface area contributed by atoms with Crippen LogP contribution in [0.2, 0.25) is 0 Å². The maximum absolute atomic E-state index is 11.7. The smallest absolute Gasteiger partial charge is 0.475 e. The molecule has 2 aromatic rings. The van der Waals surface area contributed by atoms with Gasteiger partial charge in [0.1, 0.15) is 0 Å². The number of nitrogens with one attached hydrogen (secondary N) is 1. The van der Waals surface area contributed by atoms with Crippen molar-refractivity contribution in [1.29, 1.82) is 0 Å². The predicted molar refractivity (Wildman–Crippen MR) is 103 cm³/mol. The summed E-state index contributed by atoms with van der Waals surface area (Å²) in [5, 5.41) is 10.3. The largest absolute Gasteiger partial charge is 0.490 e. The Hall–Kier alpha value is -2.03. The third-order valence-electron chi connectivity index (χ3n) is 4.21. The lowest BCUT2D eigenvalue weighted by atomic mass is 10.2. The summed E-state index contributed by atoms with van der Waals surface area (Å²) < 4.78 is 59.9. The summed E-state index contributed by atoms with van der Waals surface area (Å²) in [5.74, 6) is -2.66. The summed E-state index contributed by atoms with van der Waals surface area (Å²) in [4.78, 5) is 19.9. The molecule has 0 radical (unpaired) electrons. The minimum atomic E-state index is -5.08. The van der Waals surface area contributed by atoms with Gasteiger partial charge in [-0.3, -0.25) is 4.90 Å². The van der Waals surface area contributed by atoms with Gasteiger partial charge in [-0.15, -0.1) is 11.3 Å². The van der Waals surface area contributed by atoms with E-state index in [9.17, 15) is 21.6 Å². The Balaban J connectivity index is 0.000000396. The van der Waals surface area contributed by atoms with Gasteiger partial charge in [0, 0.05) is 37.8 Å². The molecule has 0 saturated heterocycles. The zero-order chi connectivity index (χ0) is 22.5. The molecule has 3 rings (SSSR count). The average molecular weight is 470 g/mol. The number of imidazole rings is 1. The van der Waals surface area contributed by atoms with E-state index in [0.29, 0.717) is 6.54 Å². The Morgan fingerprint density at radius 2 is 2.10 bits per heavy atom. The van der Waals surface area contributed by atoms with Crippen molar-refractivity contribution < 1.29 is 31.5 Å². The van der Waals surface area contributed by atoms with Gasteiger partial charge in [-0.1, -0.05) is 0 Å². The number of carbonyl (C=O) groups is 1. The second kappa shape index (κ2) is 9.85. The van der Waals surface area contributed by atoms with Crippen LogP contribution in [-0.4, -0.2) is 63.9 Å². The first-order chi connectivity index (χ1) is 13.9. The number of carboxylic acids is 1. The number of alkyl halides is 3. The minimum Gasteiger partial charge on any atom is -0.475 e. The quantitative estimate of drug-likeness (QED) is 0.662. The maximum Gasteiger partial charge on any atom is 0.490 e. The molecule has 9 nitrogen and oxygen atoms in total. The molecule has 2 N–H and O–H groups in total. The number of fused-ring (bicyclic) bond motifs is 1. The zero-order valence-electron chi connectivity index (χ0n) is 16.3. The molecular weight excluding hydrogens is 447 g/mol. The molecule has 1 unspecified atom stereocenters. The van der Waals surface area contributed by atoms with Crippen LogP contribution in [0, 0.1) is 6.92 Å². The van der Waals surface area contributed by atoms with Crippen LogP contribution in [0.5, 0.6) is 0 Å². The Morgan fingerprint density at radius 1 is 1.43 bits per heavy atom. The zero-order valence-corrected chi connectivity index (χ0v) is 17.9. The summed E-state index contributed by atoms with van der Waals surface area (Å²) in [5.41, 5.74) is 2.16. The molecular formula is C16H22F3N5O4S2. The lowest BCUT2D eigenvalue weighted by molar-refractivity contribution is -0.192. The number of aliphatic carboxylic acids is 1. The molecule has 0 amide bonds. The number of aryl methyl sites for hydroxylation is 1. The van der Waals surface area contributed by atoms with Gasteiger partial charge in [-0.25, -0.2) is 27.9 Å². The molecule has 0 fully saturated rings. The van der Waals surface area contributed by atoms with E-state index in [4.69, 9.17) is 9.90 Å². The van der Waals surface area contributed by atoms with E-state index < -0.39 is 22.2 Å². The van der Waals surface area contributed by atoms with Crippen molar-refractivity contribution in [2.75, 3.05) is 18.8 Å². The van der Waals surface area contributed by atoms with Crippen molar-refractivity contribution in [3.63, 3.8) is 0 Å². The molecule has 1 atom stereocenters. The molecule has 2 aromatic heterocycles. The van der Waals surface area contributed by atoms with E-state index in [1.165, 1.54) is 0 Å². The predicted octanol–water partition coefficient (Wildman–Crippen LogP) is 1.78. The molecule has 14 heteroatoms. The lowest BCUT2D eigenvalue weighted by Crippen LogP contribution is -2.42. The average Bonchev–Trinajstić information content (AvgIpc) is 3.28. The van der Waals surface area contributed by atoms with Crippen molar-refractivity contribution in [3.05, 3.63) is 34.3 Å². The number of carboxylic acid groups (broad SMARTS) is 1. The van der Waals surface area contributed by atoms with E-state index in [1.807, 2.05) is 13.1 Å². The lowest BCUT2D eigenvalue weighted by Gasteiger charge is -2.34. The summed E-state index contributed by atoms with van der Waals surface area (Å²) in [6.07, 6.45) is -1.45. The molecule has 0 bridgehead atoms. The summed E-state index contributed by atoms with van der Waals surface area (Å²) >= 11 is 1.65. The minimum absolute atomic E-state index is 0.0438. The van der Waals surface area contributed by atoms with Crippen molar-refractivity contribution in [3.8, 4) is 0 Å². The van der Waals surface area contributed by atoms with Gasteiger partial charge in [-0.05, 0) is 13.8 Å². The Morgan fingerprint density at radius 3 is 2.63 bits per heavy atom. The molecule has 0 spiro atoms. The van der Waals surface area contributed by atoms with E-state index in [2.05, 4.69) is 29.5 Å². The third kappa shape index (κ3) is 7.04. The highest BCUT2D eigenvalue weighted by Gasteiger charge is 2.38. The Labute approximate surface area is 175 Å². The van der Waals surface area contributed by atoms with Gasteiger partial charge in [0.2, 0.25) is 10.0 Å². The van der Waals surface area contributed by atoms with Gasteiger partial charge in [0.05, 0.1) is 34.5 Å². The first-order valence-electron chi connectivity index (χ1n) is 8.82. The second-order valence-corrected chi connectivity index (χ2v) is 9.69. The highest BCUT2D eigenvalue weighted by molar-refractivity contribution is 7.89. The van der Waals surface area contributed by atoms with Gasteiger partial charge in [0.15, 0.2) is 0 Å². The van der Waals surface area contributed by atoms with Crippen LogP contribution in [0.3, 0.4) is 0 Å². The normalized spacial score (nSPS) is 17.2. The van der Waals surface area contributed by atoms with Crippen LogP contribution >= 0.6 is 11.3 Å². The van der Waals surface area contributed by atoms with Gasteiger partial charge < -0.3 is 9.67 Å². The molecule has 0 aliphatic carbocycles. The van der Waals surface area contributed by atoms with Crippen LogP contribution < -0.4 is 4.72 Å². The fourth-order valence-corrected chi connectivity index (χ4v) is 4.04. The third-order valence-corrected chi connectivity index (χ3v) is 6.40. The van der Waals surface area contributed by atoms with Crippen LogP contribution in [0.1, 0.15) is 29.4 Å². The fraction of sp³-hybridized carbons (Fsp3) is 0.562. The molecule has 0 aromatic carbocycles. The second-order valence-electron chi connectivity index (χ2n) is 6.53. The summed E-state index contributed by atoms with van der Waals surface area (Å²) in [6.45, 7) is 6.36. The van der Waals surface area contributed by atoms with E-state index in [1.54, 1.807) is 24.6 Å². The van der Waals surface area contributed by atoms with E-state index in [-0.39, 0.29) is 11.8 Å². The number of nitrogens with zero attached hydrogens (tertiary/aromatic N) is 4.